The predicted octanol–water partition coefficient (Wildman–Crippen LogP) is 3.07. The zero-order valence-electron chi connectivity index (χ0n) is 9.86. The van der Waals surface area contributed by atoms with Gasteiger partial charge in [-0.05, 0) is 20.1 Å². The molecule has 3 heteroatoms. The fourth-order valence-corrected chi connectivity index (χ4v) is 1.83. The number of benzene rings is 1. The van der Waals surface area contributed by atoms with E-state index >= 15 is 0 Å². The van der Waals surface area contributed by atoms with E-state index in [-0.39, 0.29) is 5.78 Å². The molecule has 0 unspecified atom stereocenters. The average molecular weight is 235 g/mol. The lowest BCUT2D eigenvalue weighted by atomic mass is 10.1. The van der Waals surface area contributed by atoms with E-state index in [0.29, 0.717) is 6.04 Å². The van der Waals surface area contributed by atoms with E-state index < -0.39 is 0 Å². The van der Waals surface area contributed by atoms with Crippen LogP contribution in [0.15, 0.2) is 41.4 Å². The second-order valence-corrected chi connectivity index (χ2v) is 4.59. The number of nitrogens with one attached hydrogen (secondary N) is 1. The molecule has 1 aromatic rings. The second kappa shape index (κ2) is 6.38. The molecule has 0 atom stereocenters. The minimum absolute atomic E-state index is 0.0399. The van der Waals surface area contributed by atoms with Crippen molar-refractivity contribution >= 4 is 17.5 Å². The lowest BCUT2D eigenvalue weighted by molar-refractivity contribution is 0.104. The van der Waals surface area contributed by atoms with Crippen LogP contribution in [-0.2, 0) is 0 Å². The number of ketones is 1. The zero-order chi connectivity index (χ0) is 12.0. The first-order valence-corrected chi connectivity index (χ1v) is 6.47. The summed E-state index contributed by atoms with van der Waals surface area (Å²) in [6, 6.07) is 9.63. The van der Waals surface area contributed by atoms with Gasteiger partial charge in [0.2, 0.25) is 0 Å². The first-order valence-electron chi connectivity index (χ1n) is 5.25. The highest BCUT2D eigenvalue weighted by molar-refractivity contribution is 8.02. The summed E-state index contributed by atoms with van der Waals surface area (Å²) in [4.78, 5) is 11.9. The molecule has 0 spiro atoms. The van der Waals surface area contributed by atoms with E-state index in [2.05, 4.69) is 19.2 Å². The maximum absolute atomic E-state index is 11.9. The minimum Gasteiger partial charge on any atom is -0.378 e. The molecule has 1 rings (SSSR count). The van der Waals surface area contributed by atoms with Gasteiger partial charge in [0.1, 0.15) is 0 Å². The molecule has 86 valence electrons. The van der Waals surface area contributed by atoms with Crippen LogP contribution < -0.4 is 5.32 Å². The SMILES string of the molecule is CS/C(=C\C(=O)c1ccccc1)NC(C)C. The number of carbonyl (C=O) groups excluding carboxylic acids is 1. The Bertz CT molecular complexity index is 371. The van der Waals surface area contributed by atoms with Crippen molar-refractivity contribution in [2.24, 2.45) is 0 Å². The van der Waals surface area contributed by atoms with Crippen molar-refractivity contribution in [1.29, 1.82) is 0 Å². The molecule has 0 radical (unpaired) electrons. The van der Waals surface area contributed by atoms with Gasteiger partial charge in [-0.15, -0.1) is 11.8 Å². The molecular weight excluding hydrogens is 218 g/mol. The van der Waals surface area contributed by atoms with E-state index in [1.807, 2.05) is 36.6 Å². The average Bonchev–Trinajstić information content (AvgIpc) is 2.28. The highest BCUT2D eigenvalue weighted by atomic mass is 32.2. The van der Waals surface area contributed by atoms with Crippen molar-refractivity contribution in [2.45, 2.75) is 19.9 Å². The van der Waals surface area contributed by atoms with E-state index in [0.717, 1.165) is 10.6 Å². The van der Waals surface area contributed by atoms with Gasteiger partial charge in [-0.3, -0.25) is 4.79 Å². The fraction of sp³-hybridized carbons (Fsp3) is 0.308. The van der Waals surface area contributed by atoms with E-state index in [4.69, 9.17) is 0 Å². The molecule has 16 heavy (non-hydrogen) atoms. The Balaban J connectivity index is 2.78. The molecule has 0 aliphatic rings. The van der Waals surface area contributed by atoms with E-state index in [1.54, 1.807) is 17.8 Å². The summed E-state index contributed by atoms with van der Waals surface area (Å²) < 4.78 is 0. The number of allylic oxidation sites excluding steroid dienone is 1. The van der Waals surface area contributed by atoms with Crippen LogP contribution in [0.4, 0.5) is 0 Å². The summed E-state index contributed by atoms with van der Waals surface area (Å²) in [6.07, 6.45) is 3.61. The summed E-state index contributed by atoms with van der Waals surface area (Å²) in [6.45, 7) is 4.11. The maximum atomic E-state index is 11.9. The van der Waals surface area contributed by atoms with Gasteiger partial charge in [-0.2, -0.15) is 0 Å². The smallest absolute Gasteiger partial charge is 0.188 e. The normalized spacial score (nSPS) is 11.6. The standard InChI is InChI=1S/C13H17NOS/c1-10(2)14-13(16-3)9-12(15)11-7-5-4-6-8-11/h4-10,14H,1-3H3/b13-9-. The molecule has 0 aliphatic heterocycles. The molecule has 0 saturated heterocycles. The molecular formula is C13H17NOS. The number of hydrogen-bond acceptors (Lipinski definition) is 3. The first kappa shape index (κ1) is 12.8. The van der Waals surface area contributed by atoms with Crippen LogP contribution in [0, 0.1) is 0 Å². The first-order chi connectivity index (χ1) is 7.63. The molecule has 0 heterocycles. The van der Waals surface area contributed by atoms with E-state index in [9.17, 15) is 4.79 Å². The Kier molecular flexibility index (Phi) is 5.12. The topological polar surface area (TPSA) is 29.1 Å². The van der Waals surface area contributed by atoms with Crippen LogP contribution in [0.1, 0.15) is 24.2 Å². The summed E-state index contributed by atoms with van der Waals surface area (Å²) in [5, 5.41) is 4.14. The van der Waals surface area contributed by atoms with Crippen molar-refractivity contribution in [1.82, 2.24) is 5.32 Å². The molecule has 0 aliphatic carbocycles. The van der Waals surface area contributed by atoms with Gasteiger partial charge in [0.05, 0.1) is 5.03 Å². The Hall–Kier alpha value is -1.22. The van der Waals surface area contributed by atoms with Gasteiger partial charge >= 0.3 is 0 Å². The monoisotopic (exact) mass is 235 g/mol. The Morgan fingerprint density at radius 3 is 2.44 bits per heavy atom. The summed E-state index contributed by atoms with van der Waals surface area (Å²) >= 11 is 1.55. The lowest BCUT2D eigenvalue weighted by Gasteiger charge is -2.11. The molecule has 1 aromatic carbocycles. The molecule has 1 N–H and O–H groups in total. The van der Waals surface area contributed by atoms with Crippen LogP contribution in [0.25, 0.3) is 0 Å². The molecule has 2 nitrogen and oxygen atoms in total. The largest absolute Gasteiger partial charge is 0.378 e. The van der Waals surface area contributed by atoms with Crippen LogP contribution in [0.5, 0.6) is 0 Å². The third kappa shape index (κ3) is 4.11. The Morgan fingerprint density at radius 1 is 1.31 bits per heavy atom. The van der Waals surface area contributed by atoms with Gasteiger partial charge in [0.15, 0.2) is 5.78 Å². The number of rotatable bonds is 5. The van der Waals surface area contributed by atoms with Gasteiger partial charge < -0.3 is 5.32 Å². The fourth-order valence-electron chi connectivity index (χ4n) is 1.25. The van der Waals surface area contributed by atoms with Crippen molar-refractivity contribution in [3.63, 3.8) is 0 Å². The quantitative estimate of drug-likeness (QED) is 0.628. The predicted molar refractivity (Wildman–Crippen MR) is 70.6 cm³/mol. The third-order valence-corrected chi connectivity index (χ3v) is 2.65. The van der Waals surface area contributed by atoms with Crippen LogP contribution in [0.2, 0.25) is 0 Å². The maximum Gasteiger partial charge on any atom is 0.188 e. The second-order valence-electron chi connectivity index (χ2n) is 3.74. The number of hydrogen-bond donors (Lipinski definition) is 1. The molecule has 0 bridgehead atoms. The summed E-state index contributed by atoms with van der Waals surface area (Å²) in [5.74, 6) is 0.0399. The zero-order valence-corrected chi connectivity index (χ0v) is 10.7. The van der Waals surface area contributed by atoms with Gasteiger partial charge in [0, 0.05) is 17.7 Å². The van der Waals surface area contributed by atoms with Crippen LogP contribution >= 0.6 is 11.8 Å². The summed E-state index contributed by atoms with van der Waals surface area (Å²) in [5.41, 5.74) is 0.722. The van der Waals surface area contributed by atoms with Crippen molar-refractivity contribution in [2.75, 3.05) is 6.26 Å². The van der Waals surface area contributed by atoms with Crippen molar-refractivity contribution in [3.05, 3.63) is 47.0 Å². The molecule has 0 amide bonds. The molecule has 0 saturated carbocycles. The minimum atomic E-state index is 0.0399. The van der Waals surface area contributed by atoms with Gasteiger partial charge in [0.25, 0.3) is 0 Å². The Morgan fingerprint density at radius 2 is 1.94 bits per heavy atom. The van der Waals surface area contributed by atoms with E-state index in [1.165, 1.54) is 0 Å². The number of carbonyl (C=O) groups is 1. The third-order valence-electron chi connectivity index (χ3n) is 1.97. The van der Waals surface area contributed by atoms with Crippen LogP contribution in [-0.4, -0.2) is 18.1 Å². The van der Waals surface area contributed by atoms with Gasteiger partial charge in [-0.1, -0.05) is 30.3 Å². The van der Waals surface area contributed by atoms with Crippen molar-refractivity contribution < 1.29 is 4.79 Å². The number of thioether (sulfide) groups is 1. The highest BCUT2D eigenvalue weighted by Gasteiger charge is 2.04. The van der Waals surface area contributed by atoms with Gasteiger partial charge in [-0.25, -0.2) is 0 Å². The Labute approximate surface area is 101 Å². The summed E-state index contributed by atoms with van der Waals surface area (Å²) in [7, 11) is 0. The molecule has 0 fully saturated rings. The van der Waals surface area contributed by atoms with Crippen LogP contribution in [0.3, 0.4) is 0 Å². The lowest BCUT2D eigenvalue weighted by Crippen LogP contribution is -2.20. The molecule has 0 aromatic heterocycles. The highest BCUT2D eigenvalue weighted by Crippen LogP contribution is 2.11. The van der Waals surface area contributed by atoms with Crippen molar-refractivity contribution in [3.8, 4) is 0 Å².